The maximum Gasteiger partial charge on any atom is 0.237 e. The number of halogens is 1. The van der Waals surface area contributed by atoms with Gasteiger partial charge in [-0.25, -0.2) is 19.3 Å². The van der Waals surface area contributed by atoms with E-state index in [9.17, 15) is 9.18 Å². The van der Waals surface area contributed by atoms with Crippen molar-refractivity contribution in [2.24, 2.45) is 0 Å². The summed E-state index contributed by atoms with van der Waals surface area (Å²) >= 11 is 0. The second-order valence-corrected chi connectivity index (χ2v) is 8.66. The van der Waals surface area contributed by atoms with Crippen LogP contribution < -0.4 is 11.1 Å². The molecule has 1 aliphatic rings. The van der Waals surface area contributed by atoms with Gasteiger partial charge in [0.25, 0.3) is 0 Å². The van der Waals surface area contributed by atoms with Gasteiger partial charge >= 0.3 is 0 Å². The molecule has 9 heteroatoms. The van der Waals surface area contributed by atoms with Crippen molar-refractivity contribution in [2.45, 2.75) is 32.4 Å². The number of likely N-dealkylation sites (tertiary alicyclic amines) is 1. The molecule has 0 aliphatic carbocycles. The number of nitrogen functional groups attached to an aromatic ring is 1. The minimum Gasteiger partial charge on any atom is -0.382 e. The number of hydrogen-bond donors (Lipinski definition) is 2. The van der Waals surface area contributed by atoms with E-state index in [1.807, 2.05) is 36.7 Å². The van der Waals surface area contributed by atoms with Gasteiger partial charge in [-0.15, -0.1) is 0 Å². The lowest BCUT2D eigenvalue weighted by atomic mass is 10.0. The van der Waals surface area contributed by atoms with Gasteiger partial charge in [-0.3, -0.25) is 9.69 Å². The van der Waals surface area contributed by atoms with Crippen LogP contribution in [0.2, 0.25) is 0 Å². The summed E-state index contributed by atoms with van der Waals surface area (Å²) < 4.78 is 15.5. The second-order valence-electron chi connectivity index (χ2n) is 8.66. The van der Waals surface area contributed by atoms with E-state index in [1.165, 1.54) is 12.1 Å². The normalized spacial score (nSPS) is 16.3. The zero-order valence-electron chi connectivity index (χ0n) is 19.1. The highest BCUT2D eigenvalue weighted by Gasteiger charge is 2.27. The molecule has 1 aliphatic heterocycles. The number of amides is 1. The molecule has 0 spiro atoms. The zero-order valence-corrected chi connectivity index (χ0v) is 19.1. The number of anilines is 1. The van der Waals surface area contributed by atoms with Gasteiger partial charge in [0.2, 0.25) is 5.91 Å². The fourth-order valence-electron chi connectivity index (χ4n) is 4.40. The third kappa shape index (κ3) is 4.10. The lowest BCUT2D eigenvalue weighted by Crippen LogP contribution is -2.41. The van der Waals surface area contributed by atoms with E-state index in [0.29, 0.717) is 22.6 Å². The van der Waals surface area contributed by atoms with Gasteiger partial charge < -0.3 is 15.5 Å². The third-order valence-corrected chi connectivity index (χ3v) is 6.33. The van der Waals surface area contributed by atoms with E-state index in [2.05, 4.69) is 20.2 Å². The number of carbonyl (C=O) groups excluding carboxylic acids is 1. The average Bonchev–Trinajstić information content (AvgIpc) is 3.43. The van der Waals surface area contributed by atoms with Crippen LogP contribution in [0.1, 0.15) is 24.2 Å². The summed E-state index contributed by atoms with van der Waals surface area (Å²) in [5, 5.41) is 2.96. The van der Waals surface area contributed by atoms with E-state index in [0.717, 1.165) is 36.3 Å². The number of nitrogens with two attached hydrogens (primary N) is 1. The van der Waals surface area contributed by atoms with Gasteiger partial charge in [-0.05, 0) is 69.8 Å². The SMILES string of the molecule is Cc1cnc2ccc(-c3nc(CNC(=O)C4CCCN4C)c(N)nc3-c3ccc(F)cc3)cn12. The number of imidazole rings is 1. The number of aromatic nitrogens is 4. The van der Waals surface area contributed by atoms with Crippen molar-refractivity contribution in [1.29, 1.82) is 0 Å². The first kappa shape index (κ1) is 22.0. The molecule has 4 heterocycles. The lowest BCUT2D eigenvalue weighted by Gasteiger charge is -2.19. The minimum absolute atomic E-state index is 0.0409. The number of likely N-dealkylation sites (N-methyl/N-ethyl adjacent to an activating group) is 1. The first-order valence-electron chi connectivity index (χ1n) is 11.2. The predicted molar refractivity (Wildman–Crippen MR) is 128 cm³/mol. The Kier molecular flexibility index (Phi) is 5.70. The van der Waals surface area contributed by atoms with Crippen molar-refractivity contribution in [3.8, 4) is 22.5 Å². The molecule has 174 valence electrons. The van der Waals surface area contributed by atoms with E-state index >= 15 is 0 Å². The maximum atomic E-state index is 13.6. The van der Waals surface area contributed by atoms with E-state index in [4.69, 9.17) is 10.7 Å². The maximum absolute atomic E-state index is 13.6. The van der Waals surface area contributed by atoms with Crippen LogP contribution in [0.3, 0.4) is 0 Å². The van der Waals surface area contributed by atoms with Gasteiger partial charge in [-0.1, -0.05) is 0 Å². The van der Waals surface area contributed by atoms with Crippen molar-refractivity contribution >= 4 is 17.4 Å². The molecule has 1 saturated heterocycles. The average molecular weight is 460 g/mol. The molecule has 0 saturated carbocycles. The second kappa shape index (κ2) is 8.83. The molecule has 1 fully saturated rings. The summed E-state index contributed by atoms with van der Waals surface area (Å²) in [5.41, 5.74) is 11.2. The number of pyridine rings is 1. The molecule has 0 bridgehead atoms. The van der Waals surface area contributed by atoms with Crippen LogP contribution in [-0.2, 0) is 11.3 Å². The Balaban J connectivity index is 1.55. The number of aryl methyl sites for hydroxylation is 1. The monoisotopic (exact) mass is 459 g/mol. The fraction of sp³-hybridized carbons (Fsp3) is 0.280. The molecule has 3 N–H and O–H groups in total. The number of nitrogens with zero attached hydrogens (tertiary/aromatic N) is 5. The summed E-state index contributed by atoms with van der Waals surface area (Å²) in [7, 11) is 1.95. The molecule has 4 aromatic rings. The van der Waals surface area contributed by atoms with Crippen molar-refractivity contribution in [3.63, 3.8) is 0 Å². The van der Waals surface area contributed by atoms with Gasteiger partial charge in [0.15, 0.2) is 0 Å². The molecule has 1 amide bonds. The number of fused-ring (bicyclic) bond motifs is 1. The highest BCUT2D eigenvalue weighted by Crippen LogP contribution is 2.31. The predicted octanol–water partition coefficient (Wildman–Crippen LogP) is 3.20. The molecule has 34 heavy (non-hydrogen) atoms. The van der Waals surface area contributed by atoms with Crippen LogP contribution >= 0.6 is 0 Å². The Morgan fingerprint density at radius 2 is 1.88 bits per heavy atom. The Morgan fingerprint density at radius 1 is 1.15 bits per heavy atom. The largest absolute Gasteiger partial charge is 0.382 e. The Labute approximate surface area is 196 Å². The number of carbonyl (C=O) groups is 1. The first-order chi connectivity index (χ1) is 16.4. The minimum atomic E-state index is -0.335. The van der Waals surface area contributed by atoms with Crippen molar-refractivity contribution in [3.05, 3.63) is 66.0 Å². The summed E-state index contributed by atoms with van der Waals surface area (Å²) in [6, 6.07) is 9.76. The Morgan fingerprint density at radius 3 is 2.62 bits per heavy atom. The Bertz CT molecular complexity index is 1370. The molecule has 8 nitrogen and oxygen atoms in total. The number of benzene rings is 1. The van der Waals surface area contributed by atoms with Crippen molar-refractivity contribution < 1.29 is 9.18 Å². The van der Waals surface area contributed by atoms with Crippen molar-refractivity contribution in [2.75, 3.05) is 19.3 Å². The number of rotatable bonds is 5. The number of hydrogen-bond acceptors (Lipinski definition) is 6. The number of nitrogens with one attached hydrogen (secondary N) is 1. The molecular weight excluding hydrogens is 433 g/mol. The highest BCUT2D eigenvalue weighted by molar-refractivity contribution is 5.82. The van der Waals surface area contributed by atoms with Gasteiger partial charge in [0.05, 0.1) is 24.0 Å². The fourth-order valence-corrected chi connectivity index (χ4v) is 4.40. The van der Waals surface area contributed by atoms with E-state index < -0.39 is 0 Å². The third-order valence-electron chi connectivity index (χ3n) is 6.33. The summed E-state index contributed by atoms with van der Waals surface area (Å²) in [6.07, 6.45) is 5.59. The summed E-state index contributed by atoms with van der Waals surface area (Å²) in [6.45, 7) is 3.05. The summed E-state index contributed by atoms with van der Waals surface area (Å²) in [5.74, 6) is -0.151. The highest BCUT2D eigenvalue weighted by atomic mass is 19.1. The van der Waals surface area contributed by atoms with E-state index in [1.54, 1.807) is 18.3 Å². The molecule has 1 aromatic carbocycles. The molecule has 1 unspecified atom stereocenters. The van der Waals surface area contributed by atoms with Crippen LogP contribution in [-0.4, -0.2) is 49.8 Å². The van der Waals surface area contributed by atoms with Crippen LogP contribution in [0.5, 0.6) is 0 Å². The van der Waals surface area contributed by atoms with Crippen LogP contribution in [0.15, 0.2) is 48.8 Å². The van der Waals surface area contributed by atoms with Gasteiger partial charge in [0, 0.05) is 29.2 Å². The Hall–Kier alpha value is -3.85. The van der Waals surface area contributed by atoms with Gasteiger partial charge in [0.1, 0.15) is 23.0 Å². The molecule has 0 radical (unpaired) electrons. The molecule has 5 rings (SSSR count). The van der Waals surface area contributed by atoms with Crippen LogP contribution in [0, 0.1) is 12.7 Å². The smallest absolute Gasteiger partial charge is 0.237 e. The topological polar surface area (TPSA) is 101 Å². The van der Waals surface area contributed by atoms with Gasteiger partial charge in [-0.2, -0.15) is 0 Å². The lowest BCUT2D eigenvalue weighted by molar-refractivity contribution is -0.125. The molecule has 3 aromatic heterocycles. The van der Waals surface area contributed by atoms with Crippen molar-refractivity contribution in [1.82, 2.24) is 29.6 Å². The van der Waals surface area contributed by atoms with Crippen LogP contribution in [0.25, 0.3) is 28.2 Å². The summed E-state index contributed by atoms with van der Waals surface area (Å²) in [4.78, 5) is 28.6. The standard InChI is InChI=1S/C25H26FN7O/c1-15-12-28-21-10-7-17(14-33(15)21)23-22(16-5-8-18(26)9-6-16)31-24(27)19(30-23)13-29-25(34)20-4-3-11-32(20)2/h5-10,12,14,20H,3-4,11,13H2,1-2H3,(H2,27,31)(H,29,34). The zero-order chi connectivity index (χ0) is 23.8. The molecular formula is C25H26FN7O. The van der Waals surface area contributed by atoms with Crippen LogP contribution in [0.4, 0.5) is 10.2 Å². The quantitative estimate of drug-likeness (QED) is 0.475. The first-order valence-corrected chi connectivity index (χ1v) is 11.2. The molecule has 1 atom stereocenters. The van der Waals surface area contributed by atoms with E-state index in [-0.39, 0.29) is 30.1 Å².